The third kappa shape index (κ3) is 3.66. The lowest BCUT2D eigenvalue weighted by molar-refractivity contribution is -0.122. The summed E-state index contributed by atoms with van der Waals surface area (Å²) in [6, 6.07) is 2.93. The average Bonchev–Trinajstić information content (AvgIpc) is 2.85. The largest absolute Gasteiger partial charge is 0.372 e. The van der Waals surface area contributed by atoms with Crippen LogP contribution in [-0.4, -0.2) is 18.0 Å². The van der Waals surface area contributed by atoms with Gasteiger partial charge in [0.25, 0.3) is 0 Å². The van der Waals surface area contributed by atoms with Gasteiger partial charge in [-0.25, -0.2) is 8.78 Å². The first-order chi connectivity index (χ1) is 9.06. The van der Waals surface area contributed by atoms with E-state index in [-0.39, 0.29) is 17.6 Å². The summed E-state index contributed by atoms with van der Waals surface area (Å²) in [7, 11) is 0. The Labute approximate surface area is 111 Å². The van der Waals surface area contributed by atoms with Gasteiger partial charge >= 0.3 is 0 Å². The fourth-order valence-electron chi connectivity index (χ4n) is 2.30. The highest BCUT2D eigenvalue weighted by atomic mass is 19.1. The van der Waals surface area contributed by atoms with Crippen molar-refractivity contribution in [2.45, 2.75) is 44.7 Å². The minimum absolute atomic E-state index is 0.135. The van der Waals surface area contributed by atoms with E-state index in [4.69, 9.17) is 0 Å². The molecular weight excluding hydrogens is 250 g/mol. The predicted molar refractivity (Wildman–Crippen MR) is 69.8 cm³/mol. The van der Waals surface area contributed by atoms with E-state index in [0.29, 0.717) is 0 Å². The first-order valence-corrected chi connectivity index (χ1v) is 6.58. The van der Waals surface area contributed by atoms with Gasteiger partial charge in [0.05, 0.1) is 5.69 Å². The van der Waals surface area contributed by atoms with Crippen molar-refractivity contribution in [3.8, 4) is 0 Å². The van der Waals surface area contributed by atoms with Gasteiger partial charge in [-0.3, -0.25) is 4.79 Å². The van der Waals surface area contributed by atoms with Crippen LogP contribution in [0.4, 0.5) is 14.5 Å². The second-order valence-corrected chi connectivity index (χ2v) is 4.98. The molecule has 19 heavy (non-hydrogen) atoms. The summed E-state index contributed by atoms with van der Waals surface area (Å²) in [5.41, 5.74) is 0.135. The van der Waals surface area contributed by atoms with Crippen LogP contribution < -0.4 is 10.6 Å². The molecule has 3 nitrogen and oxygen atoms in total. The molecule has 0 heterocycles. The van der Waals surface area contributed by atoms with E-state index in [1.54, 1.807) is 6.92 Å². The van der Waals surface area contributed by atoms with Crippen LogP contribution in [0.15, 0.2) is 18.2 Å². The van der Waals surface area contributed by atoms with E-state index in [2.05, 4.69) is 10.6 Å². The van der Waals surface area contributed by atoms with Gasteiger partial charge in [0.15, 0.2) is 0 Å². The van der Waals surface area contributed by atoms with Crippen LogP contribution in [0.2, 0.25) is 0 Å². The van der Waals surface area contributed by atoms with Crippen LogP contribution in [0.25, 0.3) is 0 Å². The lowest BCUT2D eigenvalue weighted by Gasteiger charge is -2.18. The molecule has 0 aliphatic heterocycles. The Morgan fingerprint density at radius 3 is 2.63 bits per heavy atom. The minimum atomic E-state index is -0.694. The van der Waals surface area contributed by atoms with E-state index in [9.17, 15) is 13.6 Å². The van der Waals surface area contributed by atoms with Gasteiger partial charge in [0.2, 0.25) is 5.91 Å². The Kier molecular flexibility index (Phi) is 4.35. The summed E-state index contributed by atoms with van der Waals surface area (Å²) < 4.78 is 26.2. The van der Waals surface area contributed by atoms with Crippen molar-refractivity contribution in [2.75, 3.05) is 5.32 Å². The highest BCUT2D eigenvalue weighted by Crippen LogP contribution is 2.19. The van der Waals surface area contributed by atoms with Gasteiger partial charge in [0.1, 0.15) is 17.7 Å². The highest BCUT2D eigenvalue weighted by molar-refractivity contribution is 5.84. The summed E-state index contributed by atoms with van der Waals surface area (Å²) >= 11 is 0. The summed E-state index contributed by atoms with van der Waals surface area (Å²) in [4.78, 5) is 11.9. The van der Waals surface area contributed by atoms with Crippen molar-refractivity contribution in [3.63, 3.8) is 0 Å². The minimum Gasteiger partial charge on any atom is -0.372 e. The van der Waals surface area contributed by atoms with Crippen LogP contribution in [0.1, 0.15) is 32.6 Å². The third-order valence-electron chi connectivity index (χ3n) is 3.40. The molecule has 1 aliphatic rings. The maximum Gasteiger partial charge on any atom is 0.242 e. The number of rotatable bonds is 4. The average molecular weight is 268 g/mol. The second kappa shape index (κ2) is 5.99. The lowest BCUT2D eigenvalue weighted by Crippen LogP contribution is -2.42. The van der Waals surface area contributed by atoms with Gasteiger partial charge in [-0.15, -0.1) is 0 Å². The Balaban J connectivity index is 1.92. The van der Waals surface area contributed by atoms with Crippen LogP contribution in [0.3, 0.4) is 0 Å². The van der Waals surface area contributed by atoms with Crippen molar-refractivity contribution in [1.82, 2.24) is 5.32 Å². The number of benzene rings is 1. The monoisotopic (exact) mass is 268 g/mol. The molecule has 0 unspecified atom stereocenters. The summed E-state index contributed by atoms with van der Waals surface area (Å²) in [5, 5.41) is 5.69. The number of amides is 1. The molecule has 1 fully saturated rings. The normalized spacial score (nSPS) is 17.2. The van der Waals surface area contributed by atoms with Crippen LogP contribution >= 0.6 is 0 Å². The first-order valence-electron chi connectivity index (χ1n) is 6.58. The Morgan fingerprint density at radius 2 is 2.00 bits per heavy atom. The lowest BCUT2D eigenvalue weighted by atomic mass is 10.2. The van der Waals surface area contributed by atoms with Crippen molar-refractivity contribution in [3.05, 3.63) is 29.8 Å². The number of halogens is 2. The molecular formula is C14H18F2N2O. The Bertz CT molecular complexity index is 459. The zero-order valence-corrected chi connectivity index (χ0v) is 10.9. The molecule has 1 aromatic carbocycles. The second-order valence-electron chi connectivity index (χ2n) is 4.98. The van der Waals surface area contributed by atoms with Crippen molar-refractivity contribution < 1.29 is 13.6 Å². The zero-order valence-electron chi connectivity index (χ0n) is 10.9. The number of carbonyl (C=O) groups is 1. The van der Waals surface area contributed by atoms with Gasteiger partial charge in [-0.1, -0.05) is 12.8 Å². The van der Waals surface area contributed by atoms with Gasteiger partial charge in [-0.05, 0) is 31.9 Å². The molecule has 1 atom stereocenters. The van der Waals surface area contributed by atoms with Crippen LogP contribution in [-0.2, 0) is 4.79 Å². The highest BCUT2D eigenvalue weighted by Gasteiger charge is 2.21. The fourth-order valence-corrected chi connectivity index (χ4v) is 2.30. The van der Waals surface area contributed by atoms with Crippen molar-refractivity contribution >= 4 is 11.6 Å². The molecule has 1 aliphatic carbocycles. The Morgan fingerprint density at radius 1 is 1.32 bits per heavy atom. The summed E-state index contributed by atoms with van der Waals surface area (Å²) in [5.74, 6) is -1.48. The molecule has 2 N–H and O–H groups in total. The van der Waals surface area contributed by atoms with Crippen molar-refractivity contribution in [2.24, 2.45) is 0 Å². The number of nitrogens with one attached hydrogen (secondary N) is 2. The van der Waals surface area contributed by atoms with Gasteiger partial charge in [-0.2, -0.15) is 0 Å². The van der Waals surface area contributed by atoms with Crippen LogP contribution in [0, 0.1) is 11.6 Å². The summed E-state index contributed by atoms with van der Waals surface area (Å²) in [6.45, 7) is 1.66. The SMILES string of the molecule is C[C@@H](Nc1ccc(F)cc1F)C(=O)NC1CCCC1. The molecule has 0 saturated heterocycles. The quantitative estimate of drug-likeness (QED) is 0.881. The molecule has 1 saturated carbocycles. The van der Waals surface area contributed by atoms with E-state index in [1.807, 2.05) is 0 Å². The molecule has 5 heteroatoms. The zero-order chi connectivity index (χ0) is 13.8. The number of anilines is 1. The molecule has 0 spiro atoms. The molecule has 104 valence electrons. The summed E-state index contributed by atoms with van der Waals surface area (Å²) in [6.07, 6.45) is 4.28. The first kappa shape index (κ1) is 13.8. The van der Waals surface area contributed by atoms with E-state index < -0.39 is 17.7 Å². The van der Waals surface area contributed by atoms with Gasteiger partial charge in [0, 0.05) is 12.1 Å². The molecule has 0 aromatic heterocycles. The third-order valence-corrected chi connectivity index (χ3v) is 3.40. The maximum absolute atomic E-state index is 13.4. The number of hydrogen-bond acceptors (Lipinski definition) is 2. The van der Waals surface area contributed by atoms with Gasteiger partial charge < -0.3 is 10.6 Å². The number of hydrogen-bond donors (Lipinski definition) is 2. The smallest absolute Gasteiger partial charge is 0.242 e. The molecule has 0 radical (unpaired) electrons. The molecule has 2 rings (SSSR count). The molecule has 0 bridgehead atoms. The molecule has 1 amide bonds. The standard InChI is InChI=1S/C14H18F2N2O/c1-9(14(19)18-11-4-2-3-5-11)17-13-7-6-10(15)8-12(13)16/h6-9,11,17H,2-5H2,1H3,(H,18,19)/t9-/m1/s1. The fraction of sp³-hybridized carbons (Fsp3) is 0.500. The number of carbonyl (C=O) groups excluding carboxylic acids is 1. The van der Waals surface area contributed by atoms with E-state index >= 15 is 0 Å². The van der Waals surface area contributed by atoms with Crippen molar-refractivity contribution in [1.29, 1.82) is 0 Å². The van der Waals surface area contributed by atoms with Crippen LogP contribution in [0.5, 0.6) is 0 Å². The Hall–Kier alpha value is -1.65. The predicted octanol–water partition coefficient (Wildman–Crippen LogP) is 2.82. The maximum atomic E-state index is 13.4. The van der Waals surface area contributed by atoms with E-state index in [0.717, 1.165) is 37.8 Å². The topological polar surface area (TPSA) is 41.1 Å². The molecule has 1 aromatic rings. The van der Waals surface area contributed by atoms with E-state index in [1.165, 1.54) is 6.07 Å².